The van der Waals surface area contributed by atoms with Gasteiger partial charge < -0.3 is 10.1 Å². The highest BCUT2D eigenvalue weighted by atomic mass is 79.9. The minimum atomic E-state index is 0.657. The third-order valence-corrected chi connectivity index (χ3v) is 3.10. The van der Waals surface area contributed by atoms with E-state index in [-0.39, 0.29) is 0 Å². The van der Waals surface area contributed by atoms with E-state index in [4.69, 9.17) is 4.74 Å². The second-order valence-corrected chi connectivity index (χ2v) is 4.76. The van der Waals surface area contributed by atoms with Crippen molar-refractivity contribution in [2.24, 2.45) is 7.05 Å². The van der Waals surface area contributed by atoms with Gasteiger partial charge in [0.25, 0.3) is 0 Å². The van der Waals surface area contributed by atoms with E-state index in [1.807, 2.05) is 25.2 Å². The number of aryl methyl sites for hydroxylation is 1. The molecule has 0 amide bonds. The molecule has 0 bridgehead atoms. The maximum Gasteiger partial charge on any atom is 0.164 e. The maximum absolute atomic E-state index is 5.19. The molecule has 5 nitrogen and oxygen atoms in total. The van der Waals surface area contributed by atoms with E-state index >= 15 is 0 Å². The first kappa shape index (κ1) is 13.0. The average molecular weight is 311 g/mol. The number of halogens is 1. The Labute approximate surface area is 114 Å². The summed E-state index contributed by atoms with van der Waals surface area (Å²) in [5.74, 6) is 1.63. The molecule has 0 atom stereocenters. The molecule has 0 saturated carbocycles. The SMILES string of the molecule is COc1ccc(CNCc2ncn(C)n2)cc1Br. The highest BCUT2D eigenvalue weighted by Gasteiger charge is 2.02. The van der Waals surface area contributed by atoms with Gasteiger partial charge in [0.15, 0.2) is 5.82 Å². The summed E-state index contributed by atoms with van der Waals surface area (Å²) in [7, 11) is 3.52. The molecule has 0 unspecified atom stereocenters. The van der Waals surface area contributed by atoms with Gasteiger partial charge in [-0.2, -0.15) is 5.10 Å². The zero-order valence-corrected chi connectivity index (χ0v) is 11.9. The second-order valence-electron chi connectivity index (χ2n) is 3.91. The topological polar surface area (TPSA) is 52.0 Å². The number of benzene rings is 1. The number of methoxy groups -OCH3 is 1. The Hall–Kier alpha value is -1.40. The average Bonchev–Trinajstić information content (AvgIpc) is 2.75. The highest BCUT2D eigenvalue weighted by molar-refractivity contribution is 9.10. The lowest BCUT2D eigenvalue weighted by Gasteiger charge is -2.06. The molecule has 0 aliphatic rings. The monoisotopic (exact) mass is 310 g/mol. The van der Waals surface area contributed by atoms with E-state index in [9.17, 15) is 0 Å². The molecule has 1 aromatic heterocycles. The summed E-state index contributed by atoms with van der Waals surface area (Å²) in [6.45, 7) is 1.42. The number of hydrogen-bond acceptors (Lipinski definition) is 4. The van der Waals surface area contributed by atoms with Gasteiger partial charge >= 0.3 is 0 Å². The molecule has 2 rings (SSSR count). The number of ether oxygens (including phenoxy) is 1. The van der Waals surface area contributed by atoms with Gasteiger partial charge in [-0.15, -0.1) is 0 Å². The van der Waals surface area contributed by atoms with Crippen molar-refractivity contribution >= 4 is 15.9 Å². The van der Waals surface area contributed by atoms with Gasteiger partial charge in [0.05, 0.1) is 18.1 Å². The van der Waals surface area contributed by atoms with Crippen LogP contribution in [-0.2, 0) is 20.1 Å². The van der Waals surface area contributed by atoms with Crippen LogP contribution in [0, 0.1) is 0 Å². The fourth-order valence-corrected chi connectivity index (χ4v) is 2.19. The van der Waals surface area contributed by atoms with Gasteiger partial charge in [-0.3, -0.25) is 4.68 Å². The van der Waals surface area contributed by atoms with Crippen LogP contribution in [0.15, 0.2) is 29.0 Å². The van der Waals surface area contributed by atoms with E-state index < -0.39 is 0 Å². The molecule has 96 valence electrons. The van der Waals surface area contributed by atoms with Crippen LogP contribution in [0.2, 0.25) is 0 Å². The first-order valence-corrected chi connectivity index (χ1v) is 6.36. The van der Waals surface area contributed by atoms with Crippen LogP contribution in [-0.4, -0.2) is 21.9 Å². The van der Waals surface area contributed by atoms with Gasteiger partial charge in [-0.25, -0.2) is 4.98 Å². The summed E-state index contributed by atoms with van der Waals surface area (Å²) in [4.78, 5) is 4.15. The molecule has 6 heteroatoms. The van der Waals surface area contributed by atoms with Crippen LogP contribution in [0.25, 0.3) is 0 Å². The summed E-state index contributed by atoms with van der Waals surface area (Å²) < 4.78 is 7.84. The fraction of sp³-hybridized carbons (Fsp3) is 0.333. The first-order chi connectivity index (χ1) is 8.69. The van der Waals surface area contributed by atoms with Crippen molar-refractivity contribution in [2.75, 3.05) is 7.11 Å². The first-order valence-electron chi connectivity index (χ1n) is 5.56. The van der Waals surface area contributed by atoms with Gasteiger partial charge in [0.1, 0.15) is 12.1 Å². The molecule has 0 saturated heterocycles. The Balaban J connectivity index is 1.88. The Morgan fingerprint density at radius 1 is 1.39 bits per heavy atom. The van der Waals surface area contributed by atoms with Gasteiger partial charge in [-0.1, -0.05) is 6.07 Å². The van der Waals surface area contributed by atoms with E-state index in [1.165, 1.54) is 5.56 Å². The van der Waals surface area contributed by atoms with Crippen molar-refractivity contribution in [1.29, 1.82) is 0 Å². The summed E-state index contributed by atoms with van der Waals surface area (Å²) >= 11 is 3.47. The molecule has 0 spiro atoms. The quantitative estimate of drug-likeness (QED) is 0.916. The Kier molecular flexibility index (Phi) is 4.33. The lowest BCUT2D eigenvalue weighted by atomic mass is 10.2. The predicted octanol–water partition coefficient (Wildman–Crippen LogP) is 1.88. The summed E-state index contributed by atoms with van der Waals surface area (Å²) in [6, 6.07) is 6.01. The smallest absolute Gasteiger partial charge is 0.164 e. The lowest BCUT2D eigenvalue weighted by molar-refractivity contribution is 0.412. The molecular weight excluding hydrogens is 296 g/mol. The maximum atomic E-state index is 5.19. The summed E-state index contributed by atoms with van der Waals surface area (Å²) in [5, 5.41) is 7.50. The zero-order valence-electron chi connectivity index (χ0n) is 10.4. The number of rotatable bonds is 5. The van der Waals surface area contributed by atoms with Crippen molar-refractivity contribution < 1.29 is 4.74 Å². The largest absolute Gasteiger partial charge is 0.496 e. The van der Waals surface area contributed by atoms with Crippen LogP contribution in [0.5, 0.6) is 5.75 Å². The van der Waals surface area contributed by atoms with E-state index in [0.29, 0.717) is 6.54 Å². The zero-order chi connectivity index (χ0) is 13.0. The molecule has 2 aromatic rings. The van der Waals surface area contributed by atoms with Crippen molar-refractivity contribution in [3.8, 4) is 5.75 Å². The predicted molar refractivity (Wildman–Crippen MR) is 72.2 cm³/mol. The number of hydrogen-bond donors (Lipinski definition) is 1. The normalized spacial score (nSPS) is 10.6. The van der Waals surface area contributed by atoms with Crippen LogP contribution >= 0.6 is 15.9 Å². The van der Waals surface area contributed by atoms with Gasteiger partial charge in [-0.05, 0) is 33.6 Å². The van der Waals surface area contributed by atoms with Gasteiger partial charge in [0, 0.05) is 13.6 Å². The molecule has 1 aromatic carbocycles. The molecular formula is C12H15BrN4O. The van der Waals surface area contributed by atoms with Crippen molar-refractivity contribution in [2.45, 2.75) is 13.1 Å². The highest BCUT2D eigenvalue weighted by Crippen LogP contribution is 2.25. The lowest BCUT2D eigenvalue weighted by Crippen LogP contribution is -2.14. The van der Waals surface area contributed by atoms with E-state index in [2.05, 4.69) is 31.3 Å². The van der Waals surface area contributed by atoms with Crippen LogP contribution in [0.4, 0.5) is 0 Å². The van der Waals surface area contributed by atoms with Gasteiger partial charge in [0.2, 0.25) is 0 Å². The minimum Gasteiger partial charge on any atom is -0.496 e. The molecule has 1 heterocycles. The van der Waals surface area contributed by atoms with E-state index in [0.717, 1.165) is 22.6 Å². The molecule has 0 aliphatic heterocycles. The molecule has 18 heavy (non-hydrogen) atoms. The Bertz CT molecular complexity index is 527. The third-order valence-electron chi connectivity index (χ3n) is 2.48. The summed E-state index contributed by atoms with van der Waals surface area (Å²) in [5.41, 5.74) is 1.18. The van der Waals surface area contributed by atoms with Crippen molar-refractivity contribution in [1.82, 2.24) is 20.1 Å². The Morgan fingerprint density at radius 2 is 2.22 bits per heavy atom. The van der Waals surface area contributed by atoms with Crippen LogP contribution in [0.1, 0.15) is 11.4 Å². The fourth-order valence-electron chi connectivity index (χ4n) is 1.60. The van der Waals surface area contributed by atoms with Crippen molar-refractivity contribution in [3.63, 3.8) is 0 Å². The van der Waals surface area contributed by atoms with Crippen LogP contribution < -0.4 is 10.1 Å². The second kappa shape index (κ2) is 5.97. The number of nitrogens with one attached hydrogen (secondary N) is 1. The number of nitrogens with zero attached hydrogens (tertiary/aromatic N) is 3. The van der Waals surface area contributed by atoms with Crippen LogP contribution in [0.3, 0.4) is 0 Å². The summed E-state index contributed by atoms with van der Waals surface area (Å²) in [6.07, 6.45) is 1.70. The standard InChI is InChI=1S/C12H15BrN4O/c1-17-8-15-12(16-17)7-14-6-9-3-4-11(18-2)10(13)5-9/h3-5,8,14H,6-7H2,1-2H3. The molecule has 1 N–H and O–H groups in total. The number of aromatic nitrogens is 3. The van der Waals surface area contributed by atoms with Crippen molar-refractivity contribution in [3.05, 3.63) is 40.4 Å². The minimum absolute atomic E-state index is 0.657. The molecule has 0 aliphatic carbocycles. The molecule has 0 radical (unpaired) electrons. The molecule has 0 fully saturated rings. The Morgan fingerprint density at radius 3 is 2.83 bits per heavy atom. The third kappa shape index (κ3) is 3.30. The van der Waals surface area contributed by atoms with E-state index in [1.54, 1.807) is 18.1 Å².